The van der Waals surface area contributed by atoms with Crippen LogP contribution in [0, 0.1) is 0 Å². The number of benzene rings is 9. The van der Waals surface area contributed by atoms with Gasteiger partial charge in [0.1, 0.15) is 0 Å². The van der Waals surface area contributed by atoms with Crippen molar-refractivity contribution in [2.24, 2.45) is 0 Å². The molecule has 246 valence electrons. The largest absolute Gasteiger partial charge is 0.309 e. The lowest BCUT2D eigenvalue weighted by Crippen LogP contribution is -1.96. The summed E-state index contributed by atoms with van der Waals surface area (Å²) in [6.07, 6.45) is 0. The molecule has 0 amide bonds. The summed E-state index contributed by atoms with van der Waals surface area (Å²) in [6.45, 7) is 0. The van der Waals surface area contributed by atoms with Gasteiger partial charge in [0.2, 0.25) is 0 Å². The molecule has 3 heteroatoms. The topological polar surface area (TPSA) is 30.7 Å². The first-order valence-corrected chi connectivity index (χ1v) is 18.1. The molecule has 0 spiro atoms. The van der Waals surface area contributed by atoms with Crippen molar-refractivity contribution >= 4 is 64.9 Å². The highest BCUT2D eigenvalue weighted by Gasteiger charge is 2.18. The average molecular weight is 674 g/mol. The molecule has 0 bridgehead atoms. The molecule has 3 nitrogen and oxygen atoms in total. The van der Waals surface area contributed by atoms with Gasteiger partial charge in [-0.2, -0.15) is 0 Å². The van der Waals surface area contributed by atoms with Crippen LogP contribution in [-0.4, -0.2) is 14.5 Å². The Morgan fingerprint density at radius 3 is 1.43 bits per heavy atom. The van der Waals surface area contributed by atoms with Gasteiger partial charge < -0.3 is 4.57 Å². The van der Waals surface area contributed by atoms with Crippen LogP contribution in [0.1, 0.15) is 0 Å². The number of hydrogen-bond donors (Lipinski definition) is 0. The summed E-state index contributed by atoms with van der Waals surface area (Å²) in [5.74, 6) is 0.716. The molecule has 0 aliphatic rings. The Morgan fingerprint density at radius 1 is 0.321 bits per heavy atom. The smallest absolute Gasteiger partial charge is 0.160 e. The van der Waals surface area contributed by atoms with E-state index >= 15 is 0 Å². The number of nitrogens with zero attached hydrogens (tertiary/aromatic N) is 3. The van der Waals surface area contributed by atoms with Crippen molar-refractivity contribution in [1.82, 2.24) is 14.5 Å². The van der Waals surface area contributed by atoms with Crippen LogP contribution < -0.4 is 0 Å². The van der Waals surface area contributed by atoms with Crippen LogP contribution in [0.15, 0.2) is 188 Å². The van der Waals surface area contributed by atoms with Crippen molar-refractivity contribution < 1.29 is 0 Å². The molecule has 0 aliphatic heterocycles. The summed E-state index contributed by atoms with van der Waals surface area (Å²) in [6, 6.07) is 67.4. The van der Waals surface area contributed by atoms with E-state index < -0.39 is 0 Å². The molecule has 0 fully saturated rings. The van der Waals surface area contributed by atoms with Gasteiger partial charge in [-0.25, -0.2) is 9.97 Å². The lowest BCUT2D eigenvalue weighted by Gasteiger charge is -2.12. The van der Waals surface area contributed by atoms with E-state index in [2.05, 4.69) is 174 Å². The van der Waals surface area contributed by atoms with Gasteiger partial charge in [-0.3, -0.25) is 0 Å². The van der Waals surface area contributed by atoms with Crippen molar-refractivity contribution in [1.29, 1.82) is 0 Å². The molecule has 0 saturated heterocycles. The molecule has 11 aromatic rings. The van der Waals surface area contributed by atoms with E-state index in [-0.39, 0.29) is 0 Å². The van der Waals surface area contributed by atoms with Gasteiger partial charge in [0.15, 0.2) is 5.82 Å². The second kappa shape index (κ2) is 11.7. The molecular weight excluding hydrogens is 643 g/mol. The fourth-order valence-corrected chi connectivity index (χ4v) is 8.17. The van der Waals surface area contributed by atoms with E-state index in [1.807, 2.05) is 18.2 Å². The van der Waals surface area contributed by atoms with E-state index in [0.29, 0.717) is 5.82 Å². The van der Waals surface area contributed by atoms with E-state index in [1.165, 1.54) is 59.5 Å². The van der Waals surface area contributed by atoms with Crippen LogP contribution in [0.5, 0.6) is 0 Å². The molecule has 2 heterocycles. The zero-order valence-corrected chi connectivity index (χ0v) is 28.7. The average Bonchev–Trinajstić information content (AvgIpc) is 3.59. The molecule has 0 radical (unpaired) electrons. The molecule has 0 N–H and O–H groups in total. The fourth-order valence-electron chi connectivity index (χ4n) is 8.17. The monoisotopic (exact) mass is 673 g/mol. The SMILES string of the molecule is c1ccc(-c2nc(-c3ccc4ccccc4c3)cc(-c3ccc4cc(-n5c6ccc7ccccc7c6c6c7ccccc7ccc65)ccc4c3)n2)cc1. The van der Waals surface area contributed by atoms with Gasteiger partial charge in [0.25, 0.3) is 0 Å². The van der Waals surface area contributed by atoms with E-state index in [1.54, 1.807) is 0 Å². The Hall–Kier alpha value is -7.10. The first-order valence-electron chi connectivity index (χ1n) is 18.1. The van der Waals surface area contributed by atoms with E-state index in [4.69, 9.17) is 9.97 Å². The molecule has 0 aliphatic carbocycles. The van der Waals surface area contributed by atoms with Crippen LogP contribution in [0.25, 0.3) is 104 Å². The maximum absolute atomic E-state index is 5.13. The Balaban J connectivity index is 1.08. The van der Waals surface area contributed by atoms with Crippen LogP contribution >= 0.6 is 0 Å². The van der Waals surface area contributed by atoms with Crippen LogP contribution in [-0.2, 0) is 0 Å². The second-order valence-corrected chi connectivity index (χ2v) is 13.8. The molecule has 0 saturated carbocycles. The predicted octanol–water partition coefficient (Wildman–Crippen LogP) is 13.2. The molecule has 9 aromatic carbocycles. The summed E-state index contributed by atoms with van der Waals surface area (Å²) in [5, 5.41) is 12.4. The third kappa shape index (κ3) is 4.82. The van der Waals surface area contributed by atoms with E-state index in [0.717, 1.165) is 39.2 Å². The maximum Gasteiger partial charge on any atom is 0.160 e. The van der Waals surface area contributed by atoms with Crippen molar-refractivity contribution in [3.8, 4) is 39.6 Å². The van der Waals surface area contributed by atoms with Gasteiger partial charge >= 0.3 is 0 Å². The normalized spacial score (nSPS) is 11.8. The summed E-state index contributed by atoms with van der Waals surface area (Å²) in [4.78, 5) is 10.2. The Morgan fingerprint density at radius 2 is 0.792 bits per heavy atom. The van der Waals surface area contributed by atoms with Crippen LogP contribution in [0.3, 0.4) is 0 Å². The van der Waals surface area contributed by atoms with Crippen molar-refractivity contribution in [2.45, 2.75) is 0 Å². The Kier molecular flexibility index (Phi) is 6.55. The lowest BCUT2D eigenvalue weighted by atomic mass is 10.00. The fraction of sp³-hybridized carbons (Fsp3) is 0. The van der Waals surface area contributed by atoms with Gasteiger partial charge in [0, 0.05) is 33.2 Å². The quantitative estimate of drug-likeness (QED) is 0.186. The molecule has 53 heavy (non-hydrogen) atoms. The summed E-state index contributed by atoms with van der Waals surface area (Å²) in [5.41, 5.74) is 8.48. The minimum Gasteiger partial charge on any atom is -0.309 e. The minimum atomic E-state index is 0.716. The lowest BCUT2D eigenvalue weighted by molar-refractivity contribution is 1.18. The standard InChI is InChI=1S/C50H31N3/c1-2-13-35(14-3-1)50-51-44(39-20-18-32-10-4-5-15-36(32)28-39)31-45(52-50)40-21-19-38-30-41(25-22-37(38)29-40)53-46-26-23-33-11-6-8-16-42(33)48(46)49-43-17-9-7-12-34(43)24-27-47(49)53/h1-31H. The third-order valence-corrected chi connectivity index (χ3v) is 10.7. The zero-order chi connectivity index (χ0) is 34.9. The van der Waals surface area contributed by atoms with Crippen molar-refractivity contribution in [2.75, 3.05) is 0 Å². The summed E-state index contributed by atoms with van der Waals surface area (Å²) < 4.78 is 2.43. The number of fused-ring (bicyclic) bond motifs is 9. The van der Waals surface area contributed by atoms with Gasteiger partial charge in [-0.15, -0.1) is 0 Å². The van der Waals surface area contributed by atoms with Gasteiger partial charge in [0.05, 0.1) is 22.4 Å². The molecule has 0 atom stereocenters. The van der Waals surface area contributed by atoms with Crippen molar-refractivity contribution in [3.05, 3.63) is 188 Å². The first-order chi connectivity index (χ1) is 26.2. The highest BCUT2D eigenvalue weighted by molar-refractivity contribution is 6.28. The molecule has 0 unspecified atom stereocenters. The van der Waals surface area contributed by atoms with Crippen LogP contribution in [0.2, 0.25) is 0 Å². The highest BCUT2D eigenvalue weighted by atomic mass is 15.0. The van der Waals surface area contributed by atoms with E-state index in [9.17, 15) is 0 Å². The first kappa shape index (κ1) is 29.6. The number of hydrogen-bond acceptors (Lipinski definition) is 2. The Labute approximate surface area is 306 Å². The molecule has 11 rings (SSSR count). The third-order valence-electron chi connectivity index (χ3n) is 10.7. The van der Waals surface area contributed by atoms with Gasteiger partial charge in [-0.1, -0.05) is 146 Å². The highest BCUT2D eigenvalue weighted by Crippen LogP contribution is 2.41. The summed E-state index contributed by atoms with van der Waals surface area (Å²) >= 11 is 0. The molecule has 2 aromatic heterocycles. The van der Waals surface area contributed by atoms with Crippen LogP contribution in [0.4, 0.5) is 0 Å². The second-order valence-electron chi connectivity index (χ2n) is 13.8. The Bertz CT molecular complexity index is 3140. The minimum absolute atomic E-state index is 0.716. The van der Waals surface area contributed by atoms with Crippen molar-refractivity contribution in [3.63, 3.8) is 0 Å². The predicted molar refractivity (Wildman–Crippen MR) is 223 cm³/mol. The maximum atomic E-state index is 5.13. The summed E-state index contributed by atoms with van der Waals surface area (Å²) in [7, 11) is 0. The number of rotatable bonds is 4. The van der Waals surface area contributed by atoms with Gasteiger partial charge in [-0.05, 0) is 85.6 Å². The molecular formula is C50H31N3. The number of aromatic nitrogens is 3. The zero-order valence-electron chi connectivity index (χ0n) is 28.7.